The number of aliphatic hydroxyl groups is 1. The maximum Gasteiger partial charge on any atom is 0.251 e. The van der Waals surface area contributed by atoms with Crippen molar-refractivity contribution in [1.29, 1.82) is 0 Å². The first-order valence-corrected chi connectivity index (χ1v) is 6.46. The lowest BCUT2D eigenvalue weighted by Crippen LogP contribution is -2.36. The molecule has 0 aliphatic heterocycles. The molecule has 1 rings (SSSR count). The molecule has 1 amide bonds. The Morgan fingerprint density at radius 2 is 2.00 bits per heavy atom. The van der Waals surface area contributed by atoms with Gasteiger partial charge < -0.3 is 10.4 Å². The van der Waals surface area contributed by atoms with E-state index in [2.05, 4.69) is 31.0 Å². The van der Waals surface area contributed by atoms with E-state index in [0.29, 0.717) is 11.5 Å². The van der Waals surface area contributed by atoms with E-state index in [-0.39, 0.29) is 18.6 Å². The van der Waals surface area contributed by atoms with E-state index in [1.54, 1.807) is 6.07 Å². The van der Waals surface area contributed by atoms with E-state index in [9.17, 15) is 4.79 Å². The third-order valence-corrected chi connectivity index (χ3v) is 3.01. The summed E-state index contributed by atoms with van der Waals surface area (Å²) in [6.07, 6.45) is 0. The maximum atomic E-state index is 12.1. The molecule has 0 spiro atoms. The average molecular weight is 259 g/mol. The number of hydrogen-bond donors (Lipinski definition) is 2. The fourth-order valence-corrected chi connectivity index (χ4v) is 1.58. The zero-order valence-corrected chi connectivity index (χ0v) is 11.9. The highest BCUT2D eigenvalue weighted by atomic mass is 16.2. The summed E-state index contributed by atoms with van der Waals surface area (Å²) in [6, 6.07) is 5.61. The molecular formula is C16H21NO2. The highest BCUT2D eigenvalue weighted by Crippen LogP contribution is 2.10. The van der Waals surface area contributed by atoms with Crippen LogP contribution in [0.5, 0.6) is 0 Å². The number of amides is 1. The smallest absolute Gasteiger partial charge is 0.251 e. The van der Waals surface area contributed by atoms with E-state index >= 15 is 0 Å². The molecule has 0 bridgehead atoms. The van der Waals surface area contributed by atoms with Crippen molar-refractivity contribution in [2.75, 3.05) is 6.61 Å². The molecule has 1 aromatic rings. The fourth-order valence-electron chi connectivity index (χ4n) is 1.58. The number of nitrogens with one attached hydrogen (secondary N) is 1. The van der Waals surface area contributed by atoms with Gasteiger partial charge in [-0.2, -0.15) is 0 Å². The molecule has 1 unspecified atom stereocenters. The highest BCUT2D eigenvalue weighted by molar-refractivity contribution is 5.95. The first kappa shape index (κ1) is 15.3. The number of rotatable bonds is 3. The van der Waals surface area contributed by atoms with Gasteiger partial charge in [0.1, 0.15) is 6.61 Å². The van der Waals surface area contributed by atoms with E-state index in [4.69, 9.17) is 5.11 Å². The largest absolute Gasteiger partial charge is 0.384 e. The lowest BCUT2D eigenvalue weighted by Gasteiger charge is -2.17. The Hall–Kier alpha value is -1.79. The van der Waals surface area contributed by atoms with Gasteiger partial charge in [-0.3, -0.25) is 4.79 Å². The van der Waals surface area contributed by atoms with Crippen LogP contribution in [-0.2, 0) is 0 Å². The first-order chi connectivity index (χ1) is 8.93. The number of benzene rings is 1. The number of hydrogen-bond acceptors (Lipinski definition) is 2. The number of aryl methyl sites for hydroxylation is 1. The molecule has 0 radical (unpaired) electrons. The van der Waals surface area contributed by atoms with Gasteiger partial charge in [0, 0.05) is 17.2 Å². The van der Waals surface area contributed by atoms with Crippen molar-refractivity contribution in [3.05, 3.63) is 34.9 Å². The molecule has 2 N–H and O–H groups in total. The van der Waals surface area contributed by atoms with Crippen LogP contribution in [0.15, 0.2) is 18.2 Å². The Kier molecular flexibility index (Phi) is 5.59. The Labute approximate surface area is 115 Å². The molecule has 0 saturated heterocycles. The van der Waals surface area contributed by atoms with Gasteiger partial charge in [0.25, 0.3) is 5.91 Å². The van der Waals surface area contributed by atoms with Crippen molar-refractivity contribution < 1.29 is 9.90 Å². The summed E-state index contributed by atoms with van der Waals surface area (Å²) >= 11 is 0. The van der Waals surface area contributed by atoms with Gasteiger partial charge in [0.15, 0.2) is 0 Å². The molecule has 3 nitrogen and oxygen atoms in total. The summed E-state index contributed by atoms with van der Waals surface area (Å²) in [4.78, 5) is 12.1. The van der Waals surface area contributed by atoms with Crippen LogP contribution in [0, 0.1) is 24.7 Å². The topological polar surface area (TPSA) is 49.3 Å². The standard InChI is InChI=1S/C16H21NO2/c1-11(2)13(4)17-16(19)15-9-12(3)8-14(10-15)6-5-7-18/h8-11,13,18H,7H2,1-4H3,(H,17,19). The van der Waals surface area contributed by atoms with Crippen LogP contribution in [0.25, 0.3) is 0 Å². The molecule has 0 aromatic heterocycles. The van der Waals surface area contributed by atoms with Crippen molar-refractivity contribution in [1.82, 2.24) is 5.32 Å². The molecule has 0 aliphatic carbocycles. The number of aliphatic hydroxyl groups excluding tert-OH is 1. The molecule has 0 heterocycles. The van der Waals surface area contributed by atoms with Gasteiger partial charge in [0.2, 0.25) is 0 Å². The van der Waals surface area contributed by atoms with E-state index in [0.717, 1.165) is 11.1 Å². The van der Waals surface area contributed by atoms with Crippen LogP contribution >= 0.6 is 0 Å². The van der Waals surface area contributed by atoms with Crippen molar-refractivity contribution in [3.63, 3.8) is 0 Å². The zero-order chi connectivity index (χ0) is 14.4. The Balaban J connectivity index is 2.94. The van der Waals surface area contributed by atoms with E-state index in [1.807, 2.05) is 26.0 Å². The van der Waals surface area contributed by atoms with Crippen molar-refractivity contribution in [3.8, 4) is 11.8 Å². The van der Waals surface area contributed by atoms with Gasteiger partial charge >= 0.3 is 0 Å². The molecular weight excluding hydrogens is 238 g/mol. The Bertz CT molecular complexity index is 509. The number of carbonyl (C=O) groups excluding carboxylic acids is 1. The predicted octanol–water partition coefficient (Wildman–Crippen LogP) is 2.11. The Morgan fingerprint density at radius 3 is 2.58 bits per heavy atom. The lowest BCUT2D eigenvalue weighted by atomic mass is 10.0. The fraction of sp³-hybridized carbons (Fsp3) is 0.438. The molecule has 102 valence electrons. The summed E-state index contributed by atoms with van der Waals surface area (Å²) < 4.78 is 0. The summed E-state index contributed by atoms with van der Waals surface area (Å²) in [5, 5.41) is 11.7. The van der Waals surface area contributed by atoms with E-state index in [1.165, 1.54) is 0 Å². The minimum atomic E-state index is -0.181. The molecule has 0 saturated carbocycles. The number of carbonyl (C=O) groups is 1. The second kappa shape index (κ2) is 6.96. The third kappa shape index (κ3) is 4.76. The third-order valence-electron chi connectivity index (χ3n) is 3.01. The quantitative estimate of drug-likeness (QED) is 0.817. The van der Waals surface area contributed by atoms with Crippen molar-refractivity contribution in [2.45, 2.75) is 33.7 Å². The van der Waals surface area contributed by atoms with Crippen LogP contribution in [-0.4, -0.2) is 23.7 Å². The normalized spacial score (nSPS) is 11.7. The van der Waals surface area contributed by atoms with Crippen LogP contribution < -0.4 is 5.32 Å². The van der Waals surface area contributed by atoms with Crippen molar-refractivity contribution >= 4 is 5.91 Å². The van der Waals surface area contributed by atoms with Gasteiger partial charge in [0.05, 0.1) is 0 Å². The van der Waals surface area contributed by atoms with Crippen molar-refractivity contribution in [2.24, 2.45) is 5.92 Å². The second-order valence-corrected chi connectivity index (χ2v) is 5.05. The van der Waals surface area contributed by atoms with Crippen LogP contribution in [0.2, 0.25) is 0 Å². The SMILES string of the molecule is Cc1cc(C#CCO)cc(C(=O)NC(C)C(C)C)c1. The molecule has 0 fully saturated rings. The minimum absolute atomic E-state index is 0.0862. The summed E-state index contributed by atoms with van der Waals surface area (Å²) in [5.41, 5.74) is 2.33. The average Bonchev–Trinajstić information content (AvgIpc) is 2.35. The predicted molar refractivity (Wildman–Crippen MR) is 76.9 cm³/mol. The van der Waals surface area contributed by atoms with Crippen LogP contribution in [0.3, 0.4) is 0 Å². The Morgan fingerprint density at radius 1 is 1.32 bits per heavy atom. The van der Waals surface area contributed by atoms with Gasteiger partial charge in [-0.05, 0) is 43.5 Å². The summed E-state index contributed by atoms with van der Waals surface area (Å²) in [5.74, 6) is 5.72. The minimum Gasteiger partial charge on any atom is -0.384 e. The lowest BCUT2D eigenvalue weighted by molar-refractivity contribution is 0.0930. The molecule has 19 heavy (non-hydrogen) atoms. The zero-order valence-electron chi connectivity index (χ0n) is 11.9. The van der Waals surface area contributed by atoms with Gasteiger partial charge in [-0.25, -0.2) is 0 Å². The van der Waals surface area contributed by atoms with Crippen LogP contribution in [0.4, 0.5) is 0 Å². The summed E-state index contributed by atoms with van der Waals surface area (Å²) in [7, 11) is 0. The highest BCUT2D eigenvalue weighted by Gasteiger charge is 2.13. The molecule has 1 aromatic carbocycles. The molecule has 0 aliphatic rings. The monoisotopic (exact) mass is 259 g/mol. The maximum absolute atomic E-state index is 12.1. The molecule has 3 heteroatoms. The van der Waals surface area contributed by atoms with Crippen LogP contribution in [0.1, 0.15) is 42.3 Å². The summed E-state index contributed by atoms with van der Waals surface area (Å²) in [6.45, 7) is 7.87. The first-order valence-electron chi connectivity index (χ1n) is 6.46. The van der Waals surface area contributed by atoms with Gasteiger partial charge in [-0.15, -0.1) is 0 Å². The molecule has 1 atom stereocenters. The van der Waals surface area contributed by atoms with E-state index < -0.39 is 0 Å². The van der Waals surface area contributed by atoms with Gasteiger partial charge in [-0.1, -0.05) is 25.7 Å². The second-order valence-electron chi connectivity index (χ2n) is 5.05.